The van der Waals surface area contributed by atoms with Gasteiger partial charge in [0.05, 0.1) is 6.54 Å². The molecule has 0 aliphatic heterocycles. The summed E-state index contributed by atoms with van der Waals surface area (Å²) in [4.78, 5) is 30.7. The molecule has 8 nitrogen and oxygen atoms in total. The van der Waals surface area contributed by atoms with Gasteiger partial charge in [-0.1, -0.05) is 0 Å². The summed E-state index contributed by atoms with van der Waals surface area (Å²) in [6.07, 6.45) is 0.857. The van der Waals surface area contributed by atoms with Gasteiger partial charge in [-0.3, -0.25) is 4.79 Å². The van der Waals surface area contributed by atoms with Crippen LogP contribution in [0.1, 0.15) is 26.6 Å². The van der Waals surface area contributed by atoms with E-state index in [1.54, 1.807) is 26.8 Å². The van der Waals surface area contributed by atoms with Crippen LogP contribution in [0, 0.1) is 0 Å². The van der Waals surface area contributed by atoms with Crippen molar-refractivity contribution in [3.8, 4) is 0 Å². The van der Waals surface area contributed by atoms with Crippen molar-refractivity contribution in [1.29, 1.82) is 0 Å². The fraction of sp³-hybridized carbons (Fsp3) is 0.500. The van der Waals surface area contributed by atoms with Gasteiger partial charge in [0, 0.05) is 6.20 Å². The van der Waals surface area contributed by atoms with Crippen molar-refractivity contribution >= 4 is 17.8 Å². The Hall–Kier alpha value is -2.38. The number of ether oxygens (including phenoxy) is 1. The van der Waals surface area contributed by atoms with E-state index in [0.717, 1.165) is 0 Å². The maximum absolute atomic E-state index is 11.5. The number of amides is 2. The lowest BCUT2D eigenvalue weighted by Crippen LogP contribution is -2.39. The van der Waals surface area contributed by atoms with E-state index in [0.29, 0.717) is 11.6 Å². The fourth-order valence-corrected chi connectivity index (χ4v) is 1.21. The fourth-order valence-electron chi connectivity index (χ4n) is 1.21. The molecule has 0 radical (unpaired) electrons. The Morgan fingerprint density at radius 3 is 2.65 bits per heavy atom. The average Bonchev–Trinajstić information content (AvgIpc) is 2.32. The zero-order valence-corrected chi connectivity index (χ0v) is 11.8. The van der Waals surface area contributed by atoms with Gasteiger partial charge < -0.3 is 21.1 Å². The lowest BCUT2D eigenvalue weighted by Gasteiger charge is -2.19. The van der Waals surface area contributed by atoms with Gasteiger partial charge in [0.25, 0.3) is 0 Å². The number of nitrogen functional groups attached to an aromatic ring is 1. The van der Waals surface area contributed by atoms with Crippen molar-refractivity contribution in [3.05, 3.63) is 18.1 Å². The normalized spacial score (nSPS) is 10.8. The molecular weight excluding hydrogens is 262 g/mol. The minimum atomic E-state index is -0.646. The molecule has 2 amide bonds. The van der Waals surface area contributed by atoms with Crippen molar-refractivity contribution in [3.63, 3.8) is 0 Å². The van der Waals surface area contributed by atoms with Crippen LogP contribution >= 0.6 is 0 Å². The quantitative estimate of drug-likeness (QED) is 0.725. The summed E-state index contributed by atoms with van der Waals surface area (Å²) in [5.41, 5.74) is 4.88. The molecule has 0 saturated heterocycles. The van der Waals surface area contributed by atoms with Crippen LogP contribution in [0.15, 0.2) is 12.3 Å². The van der Waals surface area contributed by atoms with Gasteiger partial charge in [0.2, 0.25) is 5.91 Å². The number of rotatable bonds is 4. The van der Waals surface area contributed by atoms with Gasteiger partial charge in [-0.2, -0.15) is 0 Å². The average molecular weight is 281 g/mol. The standard InChI is InChI=1S/C12H19N5O3/c1-12(2,3)20-11(19)16-7-10(18)15-6-9-14-5-4-8(13)17-9/h4-5H,6-7H2,1-3H3,(H,15,18)(H,16,19)(H2,13,14,17). The summed E-state index contributed by atoms with van der Waals surface area (Å²) in [5, 5.41) is 4.90. The Morgan fingerprint density at radius 1 is 1.35 bits per heavy atom. The molecule has 1 aromatic rings. The highest BCUT2D eigenvalue weighted by molar-refractivity contribution is 5.82. The Labute approximate surface area is 117 Å². The number of anilines is 1. The predicted molar refractivity (Wildman–Crippen MR) is 72.5 cm³/mol. The molecule has 4 N–H and O–H groups in total. The number of aromatic nitrogens is 2. The van der Waals surface area contributed by atoms with Crippen molar-refractivity contribution in [2.24, 2.45) is 0 Å². The lowest BCUT2D eigenvalue weighted by molar-refractivity contribution is -0.120. The molecule has 1 rings (SSSR count). The third-order valence-corrected chi connectivity index (χ3v) is 1.96. The molecule has 0 bridgehead atoms. The van der Waals surface area contributed by atoms with Gasteiger partial charge in [-0.15, -0.1) is 0 Å². The van der Waals surface area contributed by atoms with Gasteiger partial charge in [0.15, 0.2) is 0 Å². The van der Waals surface area contributed by atoms with Crippen molar-refractivity contribution < 1.29 is 14.3 Å². The molecule has 0 saturated carbocycles. The molecular formula is C12H19N5O3. The van der Waals surface area contributed by atoms with Gasteiger partial charge in [-0.25, -0.2) is 14.8 Å². The van der Waals surface area contributed by atoms with Crippen molar-refractivity contribution in [1.82, 2.24) is 20.6 Å². The van der Waals surface area contributed by atoms with Crippen molar-refractivity contribution in [2.45, 2.75) is 32.9 Å². The van der Waals surface area contributed by atoms with E-state index in [4.69, 9.17) is 10.5 Å². The van der Waals surface area contributed by atoms with Crippen LogP contribution in [0.5, 0.6) is 0 Å². The summed E-state index contributed by atoms with van der Waals surface area (Å²) in [6, 6.07) is 1.55. The second kappa shape index (κ2) is 6.69. The topological polar surface area (TPSA) is 119 Å². The van der Waals surface area contributed by atoms with E-state index < -0.39 is 11.7 Å². The molecule has 110 valence electrons. The summed E-state index contributed by atoms with van der Waals surface area (Å²) in [6.45, 7) is 5.18. The Balaban J connectivity index is 2.29. The number of nitrogens with zero attached hydrogens (tertiary/aromatic N) is 2. The van der Waals surface area contributed by atoms with Gasteiger partial charge in [-0.05, 0) is 26.8 Å². The summed E-state index contributed by atoms with van der Waals surface area (Å²) < 4.78 is 5.00. The number of carbonyl (C=O) groups is 2. The second-order valence-corrected chi connectivity index (χ2v) is 5.03. The lowest BCUT2D eigenvalue weighted by atomic mass is 10.2. The van der Waals surface area contributed by atoms with Crippen LogP contribution in [0.25, 0.3) is 0 Å². The van der Waals surface area contributed by atoms with E-state index in [-0.39, 0.29) is 19.0 Å². The molecule has 0 atom stereocenters. The molecule has 0 fully saturated rings. The highest BCUT2D eigenvalue weighted by atomic mass is 16.6. The smallest absolute Gasteiger partial charge is 0.408 e. The van der Waals surface area contributed by atoms with Gasteiger partial charge >= 0.3 is 6.09 Å². The van der Waals surface area contributed by atoms with E-state index >= 15 is 0 Å². The largest absolute Gasteiger partial charge is 0.444 e. The van der Waals surface area contributed by atoms with Crippen LogP contribution in [-0.2, 0) is 16.1 Å². The van der Waals surface area contributed by atoms with E-state index in [1.807, 2.05) is 0 Å². The number of hydrogen-bond acceptors (Lipinski definition) is 6. The highest BCUT2D eigenvalue weighted by Crippen LogP contribution is 2.06. The predicted octanol–water partition coefficient (Wildman–Crippen LogP) is 0.200. The molecule has 0 unspecified atom stereocenters. The van der Waals surface area contributed by atoms with Gasteiger partial charge in [0.1, 0.15) is 23.8 Å². The third kappa shape index (κ3) is 6.53. The minimum absolute atomic E-state index is 0.139. The Kier molecular flexibility index (Phi) is 5.24. The SMILES string of the molecule is CC(C)(C)OC(=O)NCC(=O)NCc1nccc(N)n1. The third-order valence-electron chi connectivity index (χ3n) is 1.96. The molecule has 20 heavy (non-hydrogen) atoms. The van der Waals surface area contributed by atoms with Crippen LogP contribution in [0.3, 0.4) is 0 Å². The highest BCUT2D eigenvalue weighted by Gasteiger charge is 2.16. The van der Waals surface area contributed by atoms with E-state index in [9.17, 15) is 9.59 Å². The van der Waals surface area contributed by atoms with Crippen LogP contribution in [-0.4, -0.2) is 34.1 Å². The van der Waals surface area contributed by atoms with Crippen LogP contribution < -0.4 is 16.4 Å². The summed E-state index contributed by atoms with van der Waals surface area (Å²) in [5.74, 6) is 0.355. The number of nitrogens with one attached hydrogen (secondary N) is 2. The Morgan fingerprint density at radius 2 is 2.05 bits per heavy atom. The summed E-state index contributed by atoms with van der Waals surface area (Å²) >= 11 is 0. The maximum Gasteiger partial charge on any atom is 0.408 e. The molecule has 0 aliphatic carbocycles. The van der Waals surface area contributed by atoms with Crippen LogP contribution in [0.4, 0.5) is 10.6 Å². The first-order valence-electron chi connectivity index (χ1n) is 6.07. The summed E-state index contributed by atoms with van der Waals surface area (Å²) in [7, 11) is 0. The first-order chi connectivity index (χ1) is 9.26. The monoisotopic (exact) mass is 281 g/mol. The number of nitrogens with two attached hydrogens (primary N) is 1. The van der Waals surface area contributed by atoms with Crippen molar-refractivity contribution in [2.75, 3.05) is 12.3 Å². The van der Waals surface area contributed by atoms with E-state index in [1.165, 1.54) is 6.20 Å². The first-order valence-corrected chi connectivity index (χ1v) is 6.07. The number of carbonyl (C=O) groups excluding carboxylic acids is 2. The second-order valence-electron chi connectivity index (χ2n) is 5.03. The molecule has 1 aromatic heterocycles. The zero-order valence-electron chi connectivity index (χ0n) is 11.8. The molecule has 0 aliphatic rings. The maximum atomic E-state index is 11.5. The molecule has 1 heterocycles. The minimum Gasteiger partial charge on any atom is -0.444 e. The Bertz CT molecular complexity index is 484. The zero-order chi connectivity index (χ0) is 15.2. The number of alkyl carbamates (subject to hydrolysis) is 1. The van der Waals surface area contributed by atoms with Crippen LogP contribution in [0.2, 0.25) is 0 Å². The first kappa shape index (κ1) is 15.7. The molecule has 0 spiro atoms. The van der Waals surface area contributed by atoms with E-state index in [2.05, 4.69) is 20.6 Å². The molecule has 8 heteroatoms. The molecule has 0 aromatic carbocycles. The number of hydrogen-bond donors (Lipinski definition) is 3.